The number of hydrogen-bond acceptors (Lipinski definition) is 1. The summed E-state index contributed by atoms with van der Waals surface area (Å²) in [6.07, 6.45) is 6.52. The van der Waals surface area contributed by atoms with Crippen molar-refractivity contribution >= 4 is 0 Å². The average molecular weight is 218 g/mol. The van der Waals surface area contributed by atoms with Crippen LogP contribution in [0.5, 0.6) is 0 Å². The molecule has 1 N–H and O–H groups in total. The molecule has 0 unspecified atom stereocenters. The molecule has 0 aliphatic rings. The third-order valence-corrected chi connectivity index (χ3v) is 1.10. The summed E-state index contributed by atoms with van der Waals surface area (Å²) in [5, 5.41) is 8.52. The van der Waals surface area contributed by atoms with Gasteiger partial charge >= 0.3 is 0 Å². The molecule has 13 heavy (non-hydrogen) atoms. The van der Waals surface area contributed by atoms with Gasteiger partial charge in [0, 0.05) is 25.8 Å². The molecule has 0 atom stereocenters. The molecular weight excluding hydrogens is 193 g/mol. The van der Waals surface area contributed by atoms with Crippen molar-refractivity contribution in [3.05, 3.63) is 6.92 Å². The van der Waals surface area contributed by atoms with Crippen LogP contribution in [0, 0.1) is 6.92 Å². The van der Waals surface area contributed by atoms with E-state index in [2.05, 4.69) is 13.8 Å². The second kappa shape index (κ2) is 12.8. The molecule has 0 aromatic heterocycles. The molecule has 0 spiro atoms. The van der Waals surface area contributed by atoms with E-state index >= 15 is 0 Å². The Bertz CT molecular complexity index is 66.6. The molecule has 0 aliphatic carbocycles. The Morgan fingerprint density at radius 3 is 1.69 bits per heavy atom. The Balaban J connectivity index is -0.000000150. The van der Waals surface area contributed by atoms with E-state index in [4.69, 9.17) is 5.11 Å². The van der Waals surface area contributed by atoms with Gasteiger partial charge in [0.1, 0.15) is 0 Å². The largest absolute Gasteiger partial charge is 0.391 e. The molecule has 0 heterocycles. The predicted octanol–water partition coefficient (Wildman–Crippen LogP) is 3.57. The summed E-state index contributed by atoms with van der Waals surface area (Å²) in [5.41, 5.74) is -0.500. The number of unbranched alkanes of at least 4 members (excludes halogenated alkanes) is 4. The van der Waals surface area contributed by atoms with Gasteiger partial charge in [-0.2, -0.15) is 6.42 Å². The standard InChI is InChI=1S/C7H15.C4H10O.Sc/c1-3-5-7-6-4-2;1-4(2,3)5;/h1,3-7H2,2H3;5H,1-3H3;/q-1;;. The summed E-state index contributed by atoms with van der Waals surface area (Å²) in [5.74, 6) is 0. The minimum Gasteiger partial charge on any atom is -0.391 e. The van der Waals surface area contributed by atoms with Crippen molar-refractivity contribution in [3.63, 3.8) is 0 Å². The molecule has 0 rings (SSSR count). The van der Waals surface area contributed by atoms with E-state index in [0.29, 0.717) is 0 Å². The van der Waals surface area contributed by atoms with Crippen molar-refractivity contribution in [1.82, 2.24) is 0 Å². The number of aliphatic hydroxyl groups is 1. The number of hydrogen-bond donors (Lipinski definition) is 1. The first kappa shape index (κ1) is 19.4. The van der Waals surface area contributed by atoms with E-state index in [1.54, 1.807) is 20.8 Å². The Morgan fingerprint density at radius 2 is 1.46 bits per heavy atom. The second-order valence-electron chi connectivity index (χ2n) is 4.09. The van der Waals surface area contributed by atoms with Crippen LogP contribution in [0.25, 0.3) is 0 Å². The van der Waals surface area contributed by atoms with Crippen LogP contribution in [0.3, 0.4) is 0 Å². The molecule has 1 nitrogen and oxygen atoms in total. The molecule has 0 aliphatic heterocycles. The van der Waals surface area contributed by atoms with Gasteiger partial charge in [0.25, 0.3) is 0 Å². The summed E-state index contributed by atoms with van der Waals surface area (Å²) >= 11 is 0. The smallest absolute Gasteiger partial charge is 0.0563 e. The van der Waals surface area contributed by atoms with Crippen LogP contribution in [-0.4, -0.2) is 10.7 Å². The molecule has 1 radical (unpaired) electrons. The van der Waals surface area contributed by atoms with Crippen molar-refractivity contribution in [1.29, 1.82) is 0 Å². The predicted molar refractivity (Wildman–Crippen MR) is 56.1 cm³/mol. The molecule has 0 saturated heterocycles. The summed E-state index contributed by atoms with van der Waals surface area (Å²) < 4.78 is 0. The first-order valence-electron chi connectivity index (χ1n) is 4.93. The zero-order chi connectivity index (χ0) is 10.0. The first-order chi connectivity index (χ1) is 5.41. The summed E-state index contributed by atoms with van der Waals surface area (Å²) in [6, 6.07) is 0. The Hall–Kier alpha value is 0.830. The van der Waals surface area contributed by atoms with Crippen molar-refractivity contribution in [2.75, 3.05) is 0 Å². The van der Waals surface area contributed by atoms with Gasteiger partial charge in [0.2, 0.25) is 0 Å². The topological polar surface area (TPSA) is 20.2 Å². The SMILES string of the molecule is CC(C)(C)O.[CH2-]CCCCCC.[Sc]. The van der Waals surface area contributed by atoms with Gasteiger partial charge in [-0.25, -0.2) is 0 Å². The third-order valence-electron chi connectivity index (χ3n) is 1.10. The van der Waals surface area contributed by atoms with E-state index < -0.39 is 5.60 Å². The average Bonchev–Trinajstić information content (AvgIpc) is 1.85. The third kappa shape index (κ3) is 64.5. The maximum atomic E-state index is 8.52. The molecule has 0 aromatic rings. The molecule has 0 amide bonds. The van der Waals surface area contributed by atoms with Gasteiger partial charge in [-0.05, 0) is 20.8 Å². The van der Waals surface area contributed by atoms with Crippen LogP contribution in [0.1, 0.15) is 59.8 Å². The van der Waals surface area contributed by atoms with Crippen LogP contribution in [0.15, 0.2) is 0 Å². The second-order valence-corrected chi connectivity index (χ2v) is 4.09. The minimum absolute atomic E-state index is 0. The molecule has 0 saturated carbocycles. The van der Waals surface area contributed by atoms with E-state index in [-0.39, 0.29) is 25.8 Å². The van der Waals surface area contributed by atoms with E-state index in [1.165, 1.54) is 25.7 Å². The van der Waals surface area contributed by atoms with Crippen molar-refractivity contribution < 1.29 is 30.9 Å². The Labute approximate surface area is 103 Å². The van der Waals surface area contributed by atoms with Gasteiger partial charge in [0.15, 0.2) is 0 Å². The maximum absolute atomic E-state index is 8.52. The van der Waals surface area contributed by atoms with Gasteiger partial charge in [0.05, 0.1) is 5.60 Å². The van der Waals surface area contributed by atoms with E-state index in [0.717, 1.165) is 6.42 Å². The van der Waals surface area contributed by atoms with Gasteiger partial charge in [-0.3, -0.25) is 0 Å². The monoisotopic (exact) mass is 218 g/mol. The summed E-state index contributed by atoms with van der Waals surface area (Å²) in [6.45, 7) is 11.2. The van der Waals surface area contributed by atoms with Crippen LogP contribution in [0.4, 0.5) is 0 Å². The van der Waals surface area contributed by atoms with Gasteiger partial charge in [-0.1, -0.05) is 32.6 Å². The van der Waals surface area contributed by atoms with Crippen LogP contribution < -0.4 is 0 Å². The molecule has 0 bridgehead atoms. The van der Waals surface area contributed by atoms with Crippen LogP contribution in [0.2, 0.25) is 0 Å². The van der Waals surface area contributed by atoms with Crippen molar-refractivity contribution in [2.45, 2.75) is 65.4 Å². The summed E-state index contributed by atoms with van der Waals surface area (Å²) in [7, 11) is 0. The van der Waals surface area contributed by atoms with E-state index in [9.17, 15) is 0 Å². The van der Waals surface area contributed by atoms with Gasteiger partial charge in [-0.15, -0.1) is 0 Å². The molecule has 79 valence electrons. The van der Waals surface area contributed by atoms with Gasteiger partial charge < -0.3 is 12.0 Å². The quantitative estimate of drug-likeness (QED) is 0.565. The van der Waals surface area contributed by atoms with Crippen LogP contribution in [-0.2, 0) is 25.8 Å². The summed E-state index contributed by atoms with van der Waals surface area (Å²) in [4.78, 5) is 0. The van der Waals surface area contributed by atoms with Crippen LogP contribution >= 0.6 is 0 Å². The molecule has 2 heteroatoms. The zero-order valence-electron chi connectivity index (χ0n) is 9.77. The normalized spacial score (nSPS) is 9.69. The number of rotatable bonds is 4. The molecule has 0 fully saturated rings. The fraction of sp³-hybridized carbons (Fsp3) is 0.909. The minimum atomic E-state index is -0.500. The zero-order valence-corrected chi connectivity index (χ0v) is 11.6. The fourth-order valence-electron chi connectivity index (χ4n) is 0.604. The fourth-order valence-corrected chi connectivity index (χ4v) is 0.604. The molecule has 0 aromatic carbocycles. The van der Waals surface area contributed by atoms with E-state index in [1.807, 2.05) is 0 Å². The maximum Gasteiger partial charge on any atom is 0.0563 e. The van der Waals surface area contributed by atoms with Crippen molar-refractivity contribution in [3.8, 4) is 0 Å². The van der Waals surface area contributed by atoms with Crippen molar-refractivity contribution in [2.24, 2.45) is 0 Å². The first-order valence-corrected chi connectivity index (χ1v) is 4.93. The Morgan fingerprint density at radius 1 is 1.08 bits per heavy atom. The molecular formula is C11H25OSc-. The Kier molecular flexibility index (Phi) is 19.2.